The van der Waals surface area contributed by atoms with Crippen LogP contribution in [-0.2, 0) is 0 Å². The van der Waals surface area contributed by atoms with Crippen molar-refractivity contribution in [1.29, 1.82) is 0 Å². The number of hydrogen-bond donors (Lipinski definition) is 1. The molecule has 1 aliphatic carbocycles. The van der Waals surface area contributed by atoms with E-state index in [1.54, 1.807) is 0 Å². The van der Waals surface area contributed by atoms with Crippen LogP contribution in [0.5, 0.6) is 0 Å². The van der Waals surface area contributed by atoms with Crippen molar-refractivity contribution in [3.05, 3.63) is 20.9 Å². The van der Waals surface area contributed by atoms with Crippen molar-refractivity contribution in [2.45, 2.75) is 31.0 Å². The molecule has 0 heterocycles. The van der Waals surface area contributed by atoms with Crippen molar-refractivity contribution < 1.29 is 5.11 Å². The molecule has 12 heavy (non-hydrogen) atoms. The van der Waals surface area contributed by atoms with E-state index in [0.29, 0.717) is 12.8 Å². The van der Waals surface area contributed by atoms with Gasteiger partial charge in [-0.2, -0.15) is 0 Å². The number of hydrogen-bond acceptors (Lipinski definition) is 3. The van der Waals surface area contributed by atoms with Crippen molar-refractivity contribution in [3.8, 4) is 0 Å². The van der Waals surface area contributed by atoms with Gasteiger partial charge in [-0.15, -0.1) is 0 Å². The molecule has 0 aliphatic heterocycles. The zero-order valence-electron chi connectivity index (χ0n) is 6.28. The summed E-state index contributed by atoms with van der Waals surface area (Å²) in [5.74, 6) is 0. The van der Waals surface area contributed by atoms with Crippen molar-refractivity contribution >= 4 is 0 Å². The summed E-state index contributed by atoms with van der Waals surface area (Å²) >= 11 is 0. The first-order valence-electron chi connectivity index (χ1n) is 3.56. The number of aliphatic hydroxyl groups is 1. The summed E-state index contributed by atoms with van der Waals surface area (Å²) in [6.45, 7) is 0. The van der Waals surface area contributed by atoms with E-state index in [9.17, 15) is 5.11 Å². The van der Waals surface area contributed by atoms with Crippen molar-refractivity contribution in [1.82, 2.24) is 0 Å². The Morgan fingerprint density at radius 1 is 1.08 bits per heavy atom. The lowest BCUT2D eigenvalue weighted by molar-refractivity contribution is 0.149. The van der Waals surface area contributed by atoms with Crippen molar-refractivity contribution in [2.75, 3.05) is 0 Å². The van der Waals surface area contributed by atoms with Crippen LogP contribution in [0, 0.1) is 0 Å². The number of nitrogens with zero attached hydrogens (tertiary/aromatic N) is 6. The second kappa shape index (κ2) is 3.82. The number of azide groups is 2. The van der Waals surface area contributed by atoms with E-state index in [2.05, 4.69) is 20.1 Å². The van der Waals surface area contributed by atoms with Gasteiger partial charge >= 0.3 is 0 Å². The first-order chi connectivity index (χ1) is 5.79. The second-order valence-electron chi connectivity index (χ2n) is 2.61. The summed E-state index contributed by atoms with van der Waals surface area (Å²) in [5, 5.41) is 16.1. The number of aliphatic hydroxyl groups excluding tert-OH is 1. The molecule has 7 nitrogen and oxygen atoms in total. The van der Waals surface area contributed by atoms with Gasteiger partial charge in [0.1, 0.15) is 0 Å². The molecule has 0 amide bonds. The van der Waals surface area contributed by atoms with Gasteiger partial charge in [0.2, 0.25) is 0 Å². The molecule has 0 radical (unpaired) electrons. The Hall–Kier alpha value is -1.42. The average Bonchev–Trinajstić information content (AvgIpc) is 2.38. The molecule has 7 heteroatoms. The molecule has 0 aromatic rings. The van der Waals surface area contributed by atoms with E-state index in [1.807, 2.05) is 0 Å². The van der Waals surface area contributed by atoms with Gasteiger partial charge in [-0.1, -0.05) is 10.2 Å². The molecule has 0 bridgehead atoms. The van der Waals surface area contributed by atoms with Crippen molar-refractivity contribution in [3.63, 3.8) is 0 Å². The summed E-state index contributed by atoms with van der Waals surface area (Å²) < 4.78 is 0. The van der Waals surface area contributed by atoms with Crippen LogP contribution in [-0.4, -0.2) is 23.3 Å². The van der Waals surface area contributed by atoms with E-state index in [-0.39, 0.29) is 0 Å². The van der Waals surface area contributed by atoms with Crippen LogP contribution in [0.2, 0.25) is 0 Å². The topological polar surface area (TPSA) is 118 Å². The highest BCUT2D eigenvalue weighted by molar-refractivity contribution is 4.94. The summed E-state index contributed by atoms with van der Waals surface area (Å²) in [6.07, 6.45) is 0.334. The van der Waals surface area contributed by atoms with Crippen molar-refractivity contribution in [2.24, 2.45) is 10.2 Å². The third-order valence-corrected chi connectivity index (χ3v) is 1.95. The van der Waals surface area contributed by atoms with E-state index in [0.717, 1.165) is 0 Å². The molecule has 3 atom stereocenters. The first kappa shape index (κ1) is 8.67. The summed E-state index contributed by atoms with van der Waals surface area (Å²) in [5.41, 5.74) is 16.2. The predicted octanol–water partition coefficient (Wildman–Crippen LogP) is 1.50. The van der Waals surface area contributed by atoms with Crippen LogP contribution in [0.4, 0.5) is 0 Å². The largest absolute Gasteiger partial charge is 0.392 e. The quantitative estimate of drug-likeness (QED) is 0.375. The summed E-state index contributed by atoms with van der Waals surface area (Å²) in [7, 11) is 0. The standard InChI is InChI=1S/C5H8N6O/c6-10-8-3-1-2-4(5(3)12)9-11-7/h3-5,12H,1-2H2/t3-,4+,5?. The normalized spacial score (nSPS) is 33.6. The molecule has 0 spiro atoms. The van der Waals surface area contributed by atoms with Crippen LogP contribution < -0.4 is 0 Å². The SMILES string of the molecule is [N-]=[N+]=N[C@H]1CC[C@@H](N=[N+]=[N-])C1O. The maximum Gasteiger partial charge on any atom is 0.0709 e. The molecule has 1 fully saturated rings. The van der Waals surface area contributed by atoms with Gasteiger partial charge in [-0.3, -0.25) is 0 Å². The van der Waals surface area contributed by atoms with Gasteiger partial charge in [0.05, 0.1) is 18.2 Å². The summed E-state index contributed by atoms with van der Waals surface area (Å²) in [4.78, 5) is 5.19. The molecule has 64 valence electrons. The fourth-order valence-electron chi connectivity index (χ4n) is 1.32. The molecule has 1 aliphatic rings. The molecule has 0 aromatic heterocycles. The highest BCUT2D eigenvalue weighted by Gasteiger charge is 2.33. The molecular weight excluding hydrogens is 160 g/mol. The van der Waals surface area contributed by atoms with E-state index in [1.165, 1.54) is 0 Å². The second-order valence-corrected chi connectivity index (χ2v) is 2.61. The summed E-state index contributed by atoms with van der Waals surface area (Å²) in [6, 6.07) is -0.879. The van der Waals surface area contributed by atoms with Crippen LogP contribution in [0.3, 0.4) is 0 Å². The maximum atomic E-state index is 9.38. The fraction of sp³-hybridized carbons (Fsp3) is 1.00. The third-order valence-electron chi connectivity index (χ3n) is 1.95. The van der Waals surface area contributed by atoms with E-state index < -0.39 is 18.2 Å². The zero-order valence-corrected chi connectivity index (χ0v) is 6.28. The first-order valence-corrected chi connectivity index (χ1v) is 3.56. The molecule has 1 saturated carbocycles. The minimum atomic E-state index is -0.822. The Kier molecular flexibility index (Phi) is 2.76. The Bertz CT molecular complexity index is 227. The molecular formula is C5H8N6O. The van der Waals surface area contributed by atoms with Crippen LogP contribution in [0.15, 0.2) is 10.2 Å². The van der Waals surface area contributed by atoms with Crippen LogP contribution in [0.1, 0.15) is 12.8 Å². The van der Waals surface area contributed by atoms with Gasteiger partial charge in [0, 0.05) is 9.82 Å². The molecule has 0 aromatic carbocycles. The highest BCUT2D eigenvalue weighted by Crippen LogP contribution is 2.25. The van der Waals surface area contributed by atoms with Gasteiger partial charge in [-0.05, 0) is 23.9 Å². The van der Waals surface area contributed by atoms with Gasteiger partial charge in [0.25, 0.3) is 0 Å². The van der Waals surface area contributed by atoms with Gasteiger partial charge < -0.3 is 5.11 Å². The maximum absolute atomic E-state index is 9.38. The molecule has 1 unspecified atom stereocenters. The Labute approximate surface area is 68.3 Å². The highest BCUT2D eigenvalue weighted by atomic mass is 16.3. The lowest BCUT2D eigenvalue weighted by atomic mass is 10.2. The van der Waals surface area contributed by atoms with Gasteiger partial charge in [0.15, 0.2) is 0 Å². The van der Waals surface area contributed by atoms with E-state index >= 15 is 0 Å². The smallest absolute Gasteiger partial charge is 0.0709 e. The molecule has 1 rings (SSSR count). The zero-order chi connectivity index (χ0) is 8.97. The Morgan fingerprint density at radius 2 is 1.50 bits per heavy atom. The van der Waals surface area contributed by atoms with E-state index in [4.69, 9.17) is 11.1 Å². The predicted molar refractivity (Wildman–Crippen MR) is 41.1 cm³/mol. The lowest BCUT2D eigenvalue weighted by Crippen LogP contribution is -2.25. The minimum Gasteiger partial charge on any atom is -0.392 e. The van der Waals surface area contributed by atoms with Crippen LogP contribution >= 0.6 is 0 Å². The fourth-order valence-corrected chi connectivity index (χ4v) is 1.32. The minimum absolute atomic E-state index is 0.439. The Morgan fingerprint density at radius 3 is 1.83 bits per heavy atom. The number of rotatable bonds is 2. The molecule has 0 saturated heterocycles. The molecule has 1 N–H and O–H groups in total. The van der Waals surface area contributed by atoms with Crippen LogP contribution in [0.25, 0.3) is 20.9 Å². The lowest BCUT2D eigenvalue weighted by Gasteiger charge is -2.10. The monoisotopic (exact) mass is 168 g/mol. The average molecular weight is 168 g/mol. The van der Waals surface area contributed by atoms with Gasteiger partial charge in [-0.25, -0.2) is 0 Å². The third kappa shape index (κ3) is 1.60. The Balaban J connectivity index is 2.65.